The van der Waals surface area contributed by atoms with E-state index in [9.17, 15) is 0 Å². The van der Waals surface area contributed by atoms with Crippen LogP contribution in [0.2, 0.25) is 0 Å². The Morgan fingerprint density at radius 2 is 2.00 bits per heavy atom. The fraction of sp³-hybridized carbons (Fsp3) is 0. The summed E-state index contributed by atoms with van der Waals surface area (Å²) in [5.41, 5.74) is 0. The Kier molecular flexibility index (Phi) is 4.07. The summed E-state index contributed by atoms with van der Waals surface area (Å²) in [6.07, 6.45) is 1.31. The predicted octanol–water partition coefficient (Wildman–Crippen LogP) is 0.564. The molecule has 0 amide bonds. The molecule has 4 heavy (non-hydrogen) atoms. The standard InChI is InChI=1S/BH2NS2/c3-1-2-4/h3-4H. The van der Waals surface area contributed by atoms with Crippen molar-refractivity contribution in [3.63, 3.8) is 0 Å². The monoisotopic (exact) mass is 91.0 g/mol. The molecule has 0 atom stereocenters. The fourth-order valence-corrected chi connectivity index (χ4v) is 0. The Morgan fingerprint density at radius 3 is 2.00 bits per heavy atom. The molecule has 0 unspecified atom stereocenters. The third-order valence-corrected chi connectivity index (χ3v) is 0.465. The Bertz CT molecular complexity index is 21.2. The summed E-state index contributed by atoms with van der Waals surface area (Å²) >= 11 is 6.97. The Hall–Kier alpha value is 0.565. The molecular weight excluding hydrogens is 89.0 g/mol. The summed E-state index contributed by atoms with van der Waals surface area (Å²) < 4.78 is 3.17. The van der Waals surface area contributed by atoms with Crippen molar-refractivity contribution >= 4 is 31.6 Å². The summed E-state index contributed by atoms with van der Waals surface area (Å²) in [6, 6.07) is 0. The van der Waals surface area contributed by atoms with Crippen LogP contribution < -0.4 is 0 Å². The molecular formula is H2BNS2. The molecule has 0 aromatic rings. The van der Waals surface area contributed by atoms with Gasteiger partial charge in [-0.05, 0) is 0 Å². The van der Waals surface area contributed by atoms with Gasteiger partial charge >= 0.3 is 35.9 Å². The number of rotatable bonds is 0. The molecule has 0 bridgehead atoms. The van der Waals surface area contributed by atoms with Crippen LogP contribution in [0.4, 0.5) is 0 Å². The van der Waals surface area contributed by atoms with Gasteiger partial charge < -0.3 is 0 Å². The molecule has 0 saturated heterocycles. The third kappa shape index (κ3) is 2.56. The van der Waals surface area contributed by atoms with Crippen molar-refractivity contribution in [2.75, 3.05) is 0 Å². The first-order valence-electron chi connectivity index (χ1n) is 0.716. The molecule has 0 aromatic heterocycles. The first kappa shape index (κ1) is 4.56. The fourth-order valence-electron chi connectivity index (χ4n) is 0. The Labute approximate surface area is 36.6 Å². The van der Waals surface area contributed by atoms with E-state index in [1.807, 2.05) is 0 Å². The van der Waals surface area contributed by atoms with Crippen molar-refractivity contribution in [3.05, 3.63) is 0 Å². The maximum absolute atomic E-state index is 3.55. The van der Waals surface area contributed by atoms with Gasteiger partial charge in [0.1, 0.15) is 0 Å². The van der Waals surface area contributed by atoms with E-state index in [-0.39, 0.29) is 0 Å². The van der Waals surface area contributed by atoms with Gasteiger partial charge in [-0.2, -0.15) is 0 Å². The van der Waals surface area contributed by atoms with E-state index in [0.717, 1.165) is 0 Å². The molecule has 0 fully saturated rings. The van der Waals surface area contributed by atoms with Crippen LogP contribution in [0.25, 0.3) is 0 Å². The Balaban J connectivity index is 2.55. The molecule has 0 spiro atoms. The van der Waals surface area contributed by atoms with E-state index in [0.29, 0.717) is 0 Å². The van der Waals surface area contributed by atoms with Crippen molar-refractivity contribution in [3.8, 4) is 0 Å². The summed E-state index contributed by atoms with van der Waals surface area (Å²) in [5, 5.41) is 0. The van der Waals surface area contributed by atoms with Crippen LogP contribution in [-0.2, 0) is 0 Å². The minimum absolute atomic E-state index is 1.31. The SMILES string of the molecule is S/B=N/S. The molecule has 0 heterocycles. The van der Waals surface area contributed by atoms with E-state index in [4.69, 9.17) is 0 Å². The number of nitrogens with zero attached hydrogens (tertiary/aromatic N) is 1. The van der Waals surface area contributed by atoms with Crippen LogP contribution in [0, 0.1) is 0 Å². The zero-order valence-electron chi connectivity index (χ0n) is 1.92. The molecule has 0 aliphatic carbocycles. The van der Waals surface area contributed by atoms with Gasteiger partial charge in [0.25, 0.3) is 0 Å². The van der Waals surface area contributed by atoms with E-state index in [2.05, 4.69) is 29.6 Å². The zero-order valence-corrected chi connectivity index (χ0v) is 3.71. The van der Waals surface area contributed by atoms with Crippen molar-refractivity contribution in [1.82, 2.24) is 0 Å². The van der Waals surface area contributed by atoms with Crippen LogP contribution in [0.15, 0.2) is 4.30 Å². The quantitative estimate of drug-likeness (QED) is 0.319. The van der Waals surface area contributed by atoms with Crippen LogP contribution >= 0.6 is 25.3 Å². The molecule has 0 saturated carbocycles. The molecule has 0 N–H and O–H groups in total. The molecule has 0 aliphatic rings. The normalized spacial score (nSPS) is 7.50. The van der Waals surface area contributed by atoms with Crippen LogP contribution in [-0.4, -0.2) is 6.35 Å². The van der Waals surface area contributed by atoms with Crippen LogP contribution in [0.5, 0.6) is 0 Å². The first-order chi connectivity index (χ1) is 1.91. The summed E-state index contributed by atoms with van der Waals surface area (Å²) in [4.78, 5) is 0. The van der Waals surface area contributed by atoms with Gasteiger partial charge in [-0.15, -0.1) is 0 Å². The van der Waals surface area contributed by atoms with Gasteiger partial charge in [-0.25, -0.2) is 0 Å². The molecule has 0 rings (SSSR count). The maximum atomic E-state index is 3.55. The van der Waals surface area contributed by atoms with E-state index in [1.165, 1.54) is 6.35 Å². The first-order valence-corrected chi connectivity index (χ1v) is 1.63. The van der Waals surface area contributed by atoms with Gasteiger partial charge in [0.2, 0.25) is 0 Å². The average Bonchev–Trinajstić information content (AvgIpc) is 1.37. The molecule has 4 heteroatoms. The number of hydrogen-bond acceptors (Lipinski definition) is 2. The predicted molar refractivity (Wildman–Crippen MR) is 26.2 cm³/mol. The molecule has 0 aromatic carbocycles. The second-order valence-corrected chi connectivity index (χ2v) is 0.693. The van der Waals surface area contributed by atoms with Crippen molar-refractivity contribution < 1.29 is 0 Å². The minimum atomic E-state index is 1.31. The molecule has 0 aliphatic heterocycles. The molecule has 22 valence electrons. The van der Waals surface area contributed by atoms with Crippen molar-refractivity contribution in [2.45, 2.75) is 0 Å². The average molecular weight is 91.0 g/mol. The van der Waals surface area contributed by atoms with Crippen LogP contribution in [0.3, 0.4) is 0 Å². The van der Waals surface area contributed by atoms with Crippen molar-refractivity contribution in [2.24, 2.45) is 4.30 Å². The van der Waals surface area contributed by atoms with Gasteiger partial charge in [0.15, 0.2) is 0 Å². The van der Waals surface area contributed by atoms with E-state index in [1.54, 1.807) is 0 Å². The molecule has 1 nitrogen and oxygen atoms in total. The summed E-state index contributed by atoms with van der Waals surface area (Å²) in [7, 11) is 0. The van der Waals surface area contributed by atoms with Gasteiger partial charge in [-0.1, -0.05) is 0 Å². The van der Waals surface area contributed by atoms with Gasteiger partial charge in [0, 0.05) is 0 Å². The summed E-state index contributed by atoms with van der Waals surface area (Å²) in [6.45, 7) is 0. The number of thiol groups is 2. The third-order valence-electron chi connectivity index (χ3n) is 0.0516. The second-order valence-electron chi connectivity index (χ2n) is 0.231. The topological polar surface area (TPSA) is 12.4 Å². The second kappa shape index (κ2) is 3.56. The van der Waals surface area contributed by atoms with E-state index >= 15 is 0 Å². The van der Waals surface area contributed by atoms with Crippen LogP contribution in [0.1, 0.15) is 0 Å². The zero-order chi connectivity index (χ0) is 3.41. The Morgan fingerprint density at radius 1 is 1.75 bits per heavy atom. The number of hydrogen-bond donors (Lipinski definition) is 2. The van der Waals surface area contributed by atoms with Gasteiger partial charge in [-0.3, -0.25) is 0 Å². The van der Waals surface area contributed by atoms with E-state index < -0.39 is 0 Å². The summed E-state index contributed by atoms with van der Waals surface area (Å²) in [5.74, 6) is 0. The molecule has 0 radical (unpaired) electrons. The van der Waals surface area contributed by atoms with Gasteiger partial charge in [0.05, 0.1) is 0 Å². The van der Waals surface area contributed by atoms with Crippen molar-refractivity contribution in [1.29, 1.82) is 0 Å².